The lowest BCUT2D eigenvalue weighted by molar-refractivity contribution is -0.147. The van der Waals surface area contributed by atoms with Crippen molar-refractivity contribution in [1.82, 2.24) is 0 Å². The minimum absolute atomic E-state index is 0.189. The molecule has 0 radical (unpaired) electrons. The number of esters is 1. The summed E-state index contributed by atoms with van der Waals surface area (Å²) in [5, 5.41) is 0. The van der Waals surface area contributed by atoms with Gasteiger partial charge in [-0.15, -0.1) is 6.58 Å². The standard InChI is InChI=1S/C15H19IO2/c1-11(2)8-9-15(3,14(17)18-4)12-6-5-7-13(16)10-12/h5-7,10H,1,8-9H2,2-4H3. The van der Waals surface area contributed by atoms with Crippen LogP contribution in [0.4, 0.5) is 0 Å². The van der Waals surface area contributed by atoms with Gasteiger partial charge in [0, 0.05) is 3.57 Å². The van der Waals surface area contributed by atoms with Gasteiger partial charge in [-0.1, -0.05) is 17.7 Å². The van der Waals surface area contributed by atoms with Crippen molar-refractivity contribution in [2.75, 3.05) is 7.11 Å². The number of allylic oxidation sites excluding steroid dienone is 1. The molecule has 0 aliphatic rings. The van der Waals surface area contributed by atoms with Crippen LogP contribution in [0.5, 0.6) is 0 Å². The van der Waals surface area contributed by atoms with E-state index in [4.69, 9.17) is 4.74 Å². The second kappa shape index (κ2) is 6.36. The Morgan fingerprint density at radius 3 is 2.67 bits per heavy atom. The number of rotatable bonds is 5. The first kappa shape index (κ1) is 15.2. The number of ether oxygens (including phenoxy) is 1. The van der Waals surface area contributed by atoms with Gasteiger partial charge in [0.25, 0.3) is 0 Å². The van der Waals surface area contributed by atoms with Crippen molar-refractivity contribution in [3.05, 3.63) is 45.6 Å². The third-order valence-corrected chi connectivity index (χ3v) is 3.82. The van der Waals surface area contributed by atoms with E-state index in [1.165, 1.54) is 7.11 Å². The molecule has 1 unspecified atom stereocenters. The van der Waals surface area contributed by atoms with Crippen LogP contribution >= 0.6 is 22.6 Å². The number of hydrogen-bond acceptors (Lipinski definition) is 2. The molecule has 98 valence electrons. The predicted octanol–water partition coefficient (Wildman–Crippen LogP) is 4.08. The molecule has 0 amide bonds. The Balaban J connectivity index is 3.11. The number of benzene rings is 1. The number of carbonyl (C=O) groups excluding carboxylic acids is 1. The molecule has 1 atom stereocenters. The molecule has 0 aromatic heterocycles. The largest absolute Gasteiger partial charge is 0.468 e. The van der Waals surface area contributed by atoms with Gasteiger partial charge in [-0.3, -0.25) is 4.79 Å². The van der Waals surface area contributed by atoms with E-state index in [1.807, 2.05) is 38.1 Å². The van der Waals surface area contributed by atoms with Crippen LogP contribution in [0.2, 0.25) is 0 Å². The van der Waals surface area contributed by atoms with E-state index >= 15 is 0 Å². The summed E-state index contributed by atoms with van der Waals surface area (Å²) in [7, 11) is 1.44. The summed E-state index contributed by atoms with van der Waals surface area (Å²) in [6.45, 7) is 7.82. The highest BCUT2D eigenvalue weighted by Crippen LogP contribution is 2.32. The molecule has 0 fully saturated rings. The van der Waals surface area contributed by atoms with Crippen molar-refractivity contribution < 1.29 is 9.53 Å². The van der Waals surface area contributed by atoms with Gasteiger partial charge >= 0.3 is 5.97 Å². The molecule has 3 heteroatoms. The van der Waals surface area contributed by atoms with Crippen LogP contribution in [0.3, 0.4) is 0 Å². The van der Waals surface area contributed by atoms with E-state index in [0.717, 1.165) is 27.5 Å². The number of carbonyl (C=O) groups is 1. The zero-order chi connectivity index (χ0) is 13.8. The summed E-state index contributed by atoms with van der Waals surface area (Å²) in [6.07, 6.45) is 1.53. The van der Waals surface area contributed by atoms with Crippen molar-refractivity contribution >= 4 is 28.6 Å². The van der Waals surface area contributed by atoms with Crippen molar-refractivity contribution in [2.24, 2.45) is 0 Å². The van der Waals surface area contributed by atoms with Crippen molar-refractivity contribution in [3.63, 3.8) is 0 Å². The minimum Gasteiger partial charge on any atom is -0.468 e. The van der Waals surface area contributed by atoms with Crippen molar-refractivity contribution in [2.45, 2.75) is 32.1 Å². The Labute approximate surface area is 123 Å². The molecule has 0 N–H and O–H groups in total. The maximum absolute atomic E-state index is 12.1. The van der Waals surface area contributed by atoms with Crippen molar-refractivity contribution in [1.29, 1.82) is 0 Å². The van der Waals surface area contributed by atoms with Gasteiger partial charge in [0.2, 0.25) is 0 Å². The molecule has 0 aliphatic carbocycles. The second-order valence-electron chi connectivity index (χ2n) is 4.79. The highest BCUT2D eigenvalue weighted by Gasteiger charge is 2.35. The zero-order valence-corrected chi connectivity index (χ0v) is 13.3. The van der Waals surface area contributed by atoms with E-state index in [1.54, 1.807) is 0 Å². The Morgan fingerprint density at radius 1 is 1.50 bits per heavy atom. The number of halogens is 1. The molecule has 0 heterocycles. The van der Waals surface area contributed by atoms with Gasteiger partial charge in [-0.25, -0.2) is 0 Å². The molecule has 0 saturated heterocycles. The van der Waals surface area contributed by atoms with Crippen LogP contribution < -0.4 is 0 Å². The van der Waals surface area contributed by atoms with E-state index < -0.39 is 5.41 Å². The predicted molar refractivity (Wildman–Crippen MR) is 82.6 cm³/mol. The van der Waals surface area contributed by atoms with Crippen LogP contribution in [0.1, 0.15) is 32.3 Å². The summed E-state index contributed by atoms with van der Waals surface area (Å²) in [5.74, 6) is -0.189. The molecule has 0 bridgehead atoms. The van der Waals surface area contributed by atoms with E-state index in [0.29, 0.717) is 0 Å². The normalized spacial score (nSPS) is 13.8. The van der Waals surface area contributed by atoms with Crippen LogP contribution in [0.25, 0.3) is 0 Å². The highest BCUT2D eigenvalue weighted by molar-refractivity contribution is 14.1. The lowest BCUT2D eigenvalue weighted by atomic mass is 9.78. The van der Waals surface area contributed by atoms with E-state index in [9.17, 15) is 4.79 Å². The minimum atomic E-state index is -0.602. The van der Waals surface area contributed by atoms with Gasteiger partial charge < -0.3 is 4.74 Å². The Morgan fingerprint density at radius 2 is 2.17 bits per heavy atom. The summed E-state index contributed by atoms with van der Waals surface area (Å²) < 4.78 is 6.09. The number of hydrogen-bond donors (Lipinski definition) is 0. The Bertz CT molecular complexity index is 454. The molecule has 1 aromatic rings. The summed E-state index contributed by atoms with van der Waals surface area (Å²) >= 11 is 2.25. The maximum atomic E-state index is 12.1. The first-order valence-electron chi connectivity index (χ1n) is 5.89. The molecule has 18 heavy (non-hydrogen) atoms. The number of methoxy groups -OCH3 is 1. The van der Waals surface area contributed by atoms with Gasteiger partial charge in [-0.2, -0.15) is 0 Å². The average molecular weight is 358 g/mol. The van der Waals surface area contributed by atoms with Gasteiger partial charge in [-0.05, 0) is 67.0 Å². The molecular formula is C15H19IO2. The third-order valence-electron chi connectivity index (χ3n) is 3.15. The van der Waals surface area contributed by atoms with Gasteiger partial charge in [0.05, 0.1) is 12.5 Å². The Hall–Kier alpha value is -0.840. The lowest BCUT2D eigenvalue weighted by Crippen LogP contribution is -2.34. The average Bonchev–Trinajstić information content (AvgIpc) is 2.34. The second-order valence-corrected chi connectivity index (χ2v) is 6.04. The lowest BCUT2D eigenvalue weighted by Gasteiger charge is -2.27. The molecule has 1 rings (SSSR count). The molecule has 0 aliphatic heterocycles. The highest BCUT2D eigenvalue weighted by atomic mass is 127. The van der Waals surface area contributed by atoms with Crippen molar-refractivity contribution in [3.8, 4) is 0 Å². The van der Waals surface area contributed by atoms with E-state index in [2.05, 4.69) is 29.2 Å². The first-order chi connectivity index (χ1) is 8.40. The zero-order valence-electron chi connectivity index (χ0n) is 11.1. The molecule has 0 spiro atoms. The summed E-state index contributed by atoms with van der Waals surface area (Å²) in [5.41, 5.74) is 1.48. The fourth-order valence-corrected chi connectivity index (χ4v) is 2.43. The summed E-state index contributed by atoms with van der Waals surface area (Å²) in [4.78, 5) is 12.1. The maximum Gasteiger partial charge on any atom is 0.316 e. The topological polar surface area (TPSA) is 26.3 Å². The monoisotopic (exact) mass is 358 g/mol. The first-order valence-corrected chi connectivity index (χ1v) is 6.97. The Kier molecular flexibility index (Phi) is 5.38. The fourth-order valence-electron chi connectivity index (χ4n) is 1.88. The fraction of sp³-hybridized carbons (Fsp3) is 0.400. The van der Waals surface area contributed by atoms with Gasteiger partial charge in [0.1, 0.15) is 0 Å². The van der Waals surface area contributed by atoms with Crippen LogP contribution in [-0.2, 0) is 14.9 Å². The summed E-state index contributed by atoms with van der Waals surface area (Å²) in [6, 6.07) is 8.01. The van der Waals surface area contributed by atoms with E-state index in [-0.39, 0.29) is 5.97 Å². The van der Waals surface area contributed by atoms with Crippen LogP contribution in [0.15, 0.2) is 36.4 Å². The smallest absolute Gasteiger partial charge is 0.316 e. The quantitative estimate of drug-likeness (QED) is 0.451. The SMILES string of the molecule is C=C(C)CCC(C)(C(=O)OC)c1cccc(I)c1. The molecule has 0 saturated carbocycles. The third kappa shape index (κ3) is 3.57. The van der Waals surface area contributed by atoms with Crippen LogP contribution in [-0.4, -0.2) is 13.1 Å². The molecule has 2 nitrogen and oxygen atoms in total. The van der Waals surface area contributed by atoms with Crippen LogP contribution in [0, 0.1) is 3.57 Å². The molecular weight excluding hydrogens is 339 g/mol. The van der Waals surface area contributed by atoms with Gasteiger partial charge in [0.15, 0.2) is 0 Å². The molecule has 1 aromatic carbocycles.